The average Bonchev–Trinajstić information content (AvgIpc) is 3.03. The fourth-order valence-corrected chi connectivity index (χ4v) is 3.87. The molecule has 1 aliphatic carbocycles. The minimum atomic E-state index is -4.30. The molecular weight excluding hydrogens is 311 g/mol. The molecule has 1 N–H and O–H groups in total. The summed E-state index contributed by atoms with van der Waals surface area (Å²) in [5.74, 6) is 0.290. The van der Waals surface area contributed by atoms with Gasteiger partial charge in [0.05, 0.1) is 11.6 Å². The highest BCUT2D eigenvalue weighted by Crippen LogP contribution is 2.50. The molecule has 2 aromatic rings. The molecule has 1 aliphatic heterocycles. The van der Waals surface area contributed by atoms with Gasteiger partial charge >= 0.3 is 6.18 Å². The van der Waals surface area contributed by atoms with E-state index in [-0.39, 0.29) is 17.9 Å². The predicted octanol–water partition coefficient (Wildman–Crippen LogP) is 5.84. The molecule has 2 aromatic carbocycles. The highest BCUT2D eigenvalue weighted by atomic mass is 19.4. The average molecular weight is 329 g/mol. The lowest BCUT2D eigenvalue weighted by atomic mass is 9.76. The molecule has 0 bridgehead atoms. The zero-order valence-corrected chi connectivity index (χ0v) is 13.3. The summed E-state index contributed by atoms with van der Waals surface area (Å²) in [6.45, 7) is 2.05. The molecule has 24 heavy (non-hydrogen) atoms. The van der Waals surface area contributed by atoms with Gasteiger partial charge in [0.15, 0.2) is 0 Å². The molecule has 0 amide bonds. The summed E-state index contributed by atoms with van der Waals surface area (Å²) in [5.41, 5.74) is 3.37. The monoisotopic (exact) mass is 329 g/mol. The van der Waals surface area contributed by atoms with Crippen LogP contribution in [0.3, 0.4) is 0 Å². The molecule has 0 fully saturated rings. The predicted molar refractivity (Wildman–Crippen MR) is 89.0 cm³/mol. The first-order valence-electron chi connectivity index (χ1n) is 8.14. The van der Waals surface area contributed by atoms with Gasteiger partial charge in [-0.05, 0) is 48.6 Å². The number of alkyl halides is 3. The standard InChI is InChI=1S/C20H18F3N/c1-12-5-7-13(8-6-12)19-16-4-2-3-15(16)17-11-14(20(21,22)23)9-10-18(17)24-19/h2-3,5-11,15-16,19,24H,4H2,1H3/t15-,16-,19-/m0/s1. The maximum absolute atomic E-state index is 13.0. The van der Waals surface area contributed by atoms with Crippen molar-refractivity contribution < 1.29 is 13.2 Å². The fourth-order valence-electron chi connectivity index (χ4n) is 3.87. The van der Waals surface area contributed by atoms with Crippen LogP contribution in [-0.4, -0.2) is 0 Å². The van der Waals surface area contributed by atoms with Crippen LogP contribution < -0.4 is 5.32 Å². The first-order chi connectivity index (χ1) is 11.4. The van der Waals surface area contributed by atoms with Crippen LogP contribution in [0.15, 0.2) is 54.6 Å². The number of anilines is 1. The molecule has 4 rings (SSSR count). The van der Waals surface area contributed by atoms with Gasteiger partial charge in [0.25, 0.3) is 0 Å². The highest BCUT2D eigenvalue weighted by Gasteiger charge is 2.39. The lowest BCUT2D eigenvalue weighted by Gasteiger charge is -2.38. The van der Waals surface area contributed by atoms with Gasteiger partial charge in [0, 0.05) is 11.6 Å². The maximum Gasteiger partial charge on any atom is 0.416 e. The Morgan fingerprint density at radius 1 is 1.04 bits per heavy atom. The van der Waals surface area contributed by atoms with Gasteiger partial charge in [0.2, 0.25) is 0 Å². The molecule has 0 radical (unpaired) electrons. The summed E-state index contributed by atoms with van der Waals surface area (Å²) in [7, 11) is 0. The van der Waals surface area contributed by atoms with Crippen LogP contribution in [0.1, 0.15) is 40.6 Å². The summed E-state index contributed by atoms with van der Waals surface area (Å²) in [4.78, 5) is 0. The summed E-state index contributed by atoms with van der Waals surface area (Å²) < 4.78 is 39.1. The Bertz CT molecular complexity index is 790. The Balaban J connectivity index is 1.76. The first kappa shape index (κ1) is 15.3. The summed E-state index contributed by atoms with van der Waals surface area (Å²) >= 11 is 0. The topological polar surface area (TPSA) is 12.0 Å². The Morgan fingerprint density at radius 2 is 1.79 bits per heavy atom. The molecule has 2 aliphatic rings. The second kappa shape index (κ2) is 5.40. The Kier molecular flexibility index (Phi) is 3.44. The van der Waals surface area contributed by atoms with E-state index < -0.39 is 11.7 Å². The third-order valence-electron chi connectivity index (χ3n) is 5.13. The van der Waals surface area contributed by atoms with Gasteiger partial charge in [-0.2, -0.15) is 13.2 Å². The number of nitrogens with one attached hydrogen (secondary N) is 1. The number of benzene rings is 2. The largest absolute Gasteiger partial charge is 0.416 e. The van der Waals surface area contributed by atoms with E-state index in [2.05, 4.69) is 41.7 Å². The Hall–Kier alpha value is -2.23. The smallest absolute Gasteiger partial charge is 0.378 e. The van der Waals surface area contributed by atoms with Gasteiger partial charge in [-0.1, -0.05) is 42.0 Å². The number of halogens is 3. The number of hydrogen-bond acceptors (Lipinski definition) is 1. The molecule has 3 atom stereocenters. The summed E-state index contributed by atoms with van der Waals surface area (Å²) in [6, 6.07) is 12.5. The maximum atomic E-state index is 13.0. The Morgan fingerprint density at radius 3 is 2.50 bits per heavy atom. The second-order valence-corrected chi connectivity index (χ2v) is 6.69. The first-order valence-corrected chi connectivity index (χ1v) is 8.14. The van der Waals surface area contributed by atoms with Crippen molar-refractivity contribution >= 4 is 5.69 Å². The number of aryl methyl sites for hydroxylation is 1. The van der Waals surface area contributed by atoms with E-state index in [1.807, 2.05) is 6.92 Å². The van der Waals surface area contributed by atoms with Gasteiger partial charge in [-0.15, -0.1) is 0 Å². The summed E-state index contributed by atoms with van der Waals surface area (Å²) in [6.07, 6.45) is 0.728. The van der Waals surface area contributed by atoms with E-state index in [1.165, 1.54) is 17.2 Å². The van der Waals surface area contributed by atoms with Crippen LogP contribution in [0.5, 0.6) is 0 Å². The molecule has 0 saturated carbocycles. The van der Waals surface area contributed by atoms with E-state index in [0.717, 1.165) is 23.7 Å². The minimum absolute atomic E-state index is 0.0369. The second-order valence-electron chi connectivity index (χ2n) is 6.69. The van der Waals surface area contributed by atoms with Crippen LogP contribution in [-0.2, 0) is 6.18 Å². The van der Waals surface area contributed by atoms with Gasteiger partial charge in [-0.3, -0.25) is 0 Å². The molecular formula is C20H18F3N. The zero-order valence-electron chi connectivity index (χ0n) is 13.3. The molecule has 1 heterocycles. The van der Waals surface area contributed by atoms with Gasteiger partial charge in [0.1, 0.15) is 0 Å². The highest BCUT2D eigenvalue weighted by molar-refractivity contribution is 5.61. The number of hydrogen-bond donors (Lipinski definition) is 1. The van der Waals surface area contributed by atoms with Crippen LogP contribution in [0.25, 0.3) is 0 Å². The molecule has 124 valence electrons. The molecule has 0 saturated heterocycles. The molecule has 0 unspecified atom stereocenters. The third-order valence-corrected chi connectivity index (χ3v) is 5.13. The van der Waals surface area contributed by atoms with Crippen molar-refractivity contribution in [2.24, 2.45) is 5.92 Å². The van der Waals surface area contributed by atoms with Crippen LogP contribution >= 0.6 is 0 Å². The van der Waals surface area contributed by atoms with Crippen molar-refractivity contribution in [3.05, 3.63) is 76.9 Å². The van der Waals surface area contributed by atoms with Crippen molar-refractivity contribution in [2.45, 2.75) is 31.5 Å². The molecule has 4 heteroatoms. The molecule has 0 spiro atoms. The lowest BCUT2D eigenvalue weighted by Crippen LogP contribution is -2.29. The van der Waals surface area contributed by atoms with Gasteiger partial charge in [-0.25, -0.2) is 0 Å². The Labute approximate surface area is 139 Å². The number of allylic oxidation sites excluding steroid dienone is 2. The van der Waals surface area contributed by atoms with Crippen LogP contribution in [0, 0.1) is 12.8 Å². The zero-order chi connectivity index (χ0) is 16.9. The van der Waals surface area contributed by atoms with E-state index >= 15 is 0 Å². The number of rotatable bonds is 1. The minimum Gasteiger partial charge on any atom is -0.378 e. The number of fused-ring (bicyclic) bond motifs is 3. The molecule has 1 nitrogen and oxygen atoms in total. The quantitative estimate of drug-likeness (QED) is 0.648. The van der Waals surface area contributed by atoms with Crippen molar-refractivity contribution in [1.29, 1.82) is 0 Å². The van der Waals surface area contributed by atoms with E-state index in [1.54, 1.807) is 6.07 Å². The van der Waals surface area contributed by atoms with E-state index in [9.17, 15) is 13.2 Å². The summed E-state index contributed by atoms with van der Waals surface area (Å²) in [5, 5.41) is 3.48. The van der Waals surface area contributed by atoms with Gasteiger partial charge < -0.3 is 5.32 Å². The van der Waals surface area contributed by atoms with Crippen molar-refractivity contribution in [3.63, 3.8) is 0 Å². The van der Waals surface area contributed by atoms with Crippen molar-refractivity contribution in [2.75, 3.05) is 5.32 Å². The fraction of sp³-hybridized carbons (Fsp3) is 0.300. The normalized spacial score (nSPS) is 25.1. The van der Waals surface area contributed by atoms with E-state index in [0.29, 0.717) is 0 Å². The van der Waals surface area contributed by atoms with Crippen molar-refractivity contribution in [1.82, 2.24) is 0 Å². The third kappa shape index (κ3) is 2.50. The SMILES string of the molecule is Cc1ccc([C@@H]2Nc3ccc(C(F)(F)F)cc3[C@H]3C=CC[C@@H]32)cc1. The van der Waals surface area contributed by atoms with Crippen LogP contribution in [0.2, 0.25) is 0 Å². The van der Waals surface area contributed by atoms with Crippen molar-refractivity contribution in [3.8, 4) is 0 Å². The lowest BCUT2D eigenvalue weighted by molar-refractivity contribution is -0.137. The van der Waals surface area contributed by atoms with E-state index in [4.69, 9.17) is 0 Å². The van der Waals surface area contributed by atoms with Crippen LogP contribution in [0.4, 0.5) is 18.9 Å². The molecule has 0 aromatic heterocycles.